The van der Waals surface area contributed by atoms with E-state index in [4.69, 9.17) is 33.5 Å². The highest BCUT2D eigenvalue weighted by Crippen LogP contribution is 2.32. The Balaban J connectivity index is 0.000000204. The fourth-order valence-electron chi connectivity index (χ4n) is 4.58. The molecule has 2 saturated heterocycles. The lowest BCUT2D eigenvalue weighted by molar-refractivity contribution is -0.142. The number of aromatic hydroxyl groups is 1. The van der Waals surface area contributed by atoms with Gasteiger partial charge in [0.05, 0.1) is 37.1 Å². The fraction of sp³-hybridized carbons (Fsp3) is 0.206. The van der Waals surface area contributed by atoms with Gasteiger partial charge in [0, 0.05) is 6.61 Å². The molecule has 0 bridgehead atoms. The van der Waals surface area contributed by atoms with Gasteiger partial charge in [-0.2, -0.15) is 0 Å². The number of rotatable bonds is 7. The topological polar surface area (TPSA) is 127 Å². The lowest BCUT2D eigenvalue weighted by atomic mass is 10.0. The van der Waals surface area contributed by atoms with E-state index in [1.165, 1.54) is 24.3 Å². The van der Waals surface area contributed by atoms with E-state index < -0.39 is 17.9 Å². The molecule has 2 aliphatic heterocycles. The number of methoxy groups -OCH3 is 1. The molecule has 0 aromatic heterocycles. The van der Waals surface area contributed by atoms with Crippen LogP contribution >= 0.6 is 0 Å². The highest BCUT2D eigenvalue weighted by atomic mass is 16.6. The van der Waals surface area contributed by atoms with Gasteiger partial charge in [0.25, 0.3) is 0 Å². The molecule has 3 atom stereocenters. The van der Waals surface area contributed by atoms with Crippen molar-refractivity contribution in [3.05, 3.63) is 114 Å². The van der Waals surface area contributed by atoms with Crippen LogP contribution in [0.4, 0.5) is 0 Å². The number of hydrogen-bond donors (Lipinski definition) is 1. The van der Waals surface area contributed by atoms with E-state index in [-0.39, 0.29) is 23.9 Å². The number of ether oxygens (including phenoxy) is 6. The second-order valence-electron chi connectivity index (χ2n) is 9.86. The number of carbonyl (C=O) groups is 3. The summed E-state index contributed by atoms with van der Waals surface area (Å²) in [6, 6.07) is 27.7. The summed E-state index contributed by atoms with van der Waals surface area (Å²) in [7, 11) is 1.56. The summed E-state index contributed by atoms with van der Waals surface area (Å²) in [6.07, 6.45) is 0.554. The van der Waals surface area contributed by atoms with Gasteiger partial charge in [0.15, 0.2) is 0 Å². The van der Waals surface area contributed by atoms with Crippen molar-refractivity contribution in [2.75, 3.05) is 20.3 Å². The molecule has 2 aliphatic rings. The highest BCUT2D eigenvalue weighted by Gasteiger charge is 2.46. The van der Waals surface area contributed by atoms with E-state index in [1.54, 1.807) is 79.9 Å². The number of fused-ring (bicyclic) bond motifs is 1. The largest absolute Gasteiger partial charge is 0.508 e. The van der Waals surface area contributed by atoms with Gasteiger partial charge in [0.2, 0.25) is 0 Å². The van der Waals surface area contributed by atoms with Crippen molar-refractivity contribution < 1.29 is 47.9 Å². The Morgan fingerprint density at radius 1 is 0.659 bits per heavy atom. The normalized spacial score (nSPS) is 18.2. The molecule has 0 amide bonds. The standard InChI is InChI=1S/C21H20O7.C13H10O3/c1-24-14-6-8-16(9-7-14)27-20(22)13-2-4-15(5-3-13)28-21(23)17-12-26-18-10-11-25-19(17)18;14-11-8-6-10(7-9-11)13(15)16-12-4-2-1-3-5-12/h2-9,17-19H,10-12H2,1H3;1-9,14H. The van der Waals surface area contributed by atoms with Crippen LogP contribution < -0.4 is 18.9 Å². The van der Waals surface area contributed by atoms with Crippen LogP contribution in [0.5, 0.6) is 28.7 Å². The molecular weight excluding hydrogens is 568 g/mol. The summed E-state index contributed by atoms with van der Waals surface area (Å²) >= 11 is 0. The van der Waals surface area contributed by atoms with Crippen molar-refractivity contribution >= 4 is 17.9 Å². The van der Waals surface area contributed by atoms with Gasteiger partial charge in [-0.1, -0.05) is 18.2 Å². The average molecular weight is 599 g/mol. The molecule has 4 aromatic rings. The first-order chi connectivity index (χ1) is 21.4. The Labute approximate surface area is 253 Å². The molecule has 6 rings (SSSR count). The molecule has 3 unspecified atom stereocenters. The second kappa shape index (κ2) is 14.3. The van der Waals surface area contributed by atoms with Gasteiger partial charge in [-0.3, -0.25) is 4.79 Å². The number of esters is 3. The van der Waals surface area contributed by atoms with Crippen molar-refractivity contribution in [1.29, 1.82) is 0 Å². The maximum Gasteiger partial charge on any atom is 0.343 e. The van der Waals surface area contributed by atoms with E-state index >= 15 is 0 Å². The van der Waals surface area contributed by atoms with E-state index in [0.717, 1.165) is 6.42 Å². The average Bonchev–Trinajstić information content (AvgIpc) is 3.68. The van der Waals surface area contributed by atoms with Gasteiger partial charge in [-0.05, 0) is 91.3 Å². The third kappa shape index (κ3) is 7.80. The zero-order valence-corrected chi connectivity index (χ0v) is 23.8. The lowest BCUT2D eigenvalue weighted by Crippen LogP contribution is -2.32. The zero-order chi connectivity index (χ0) is 30.9. The molecule has 0 saturated carbocycles. The summed E-state index contributed by atoms with van der Waals surface area (Å²) in [5, 5.41) is 9.08. The van der Waals surface area contributed by atoms with Crippen LogP contribution in [-0.2, 0) is 14.3 Å². The molecule has 0 radical (unpaired) electrons. The quantitative estimate of drug-likeness (QED) is 0.223. The van der Waals surface area contributed by atoms with Crippen LogP contribution in [-0.4, -0.2) is 55.5 Å². The molecule has 226 valence electrons. The van der Waals surface area contributed by atoms with Crippen LogP contribution in [0.15, 0.2) is 103 Å². The van der Waals surface area contributed by atoms with Gasteiger partial charge in [-0.25, -0.2) is 9.59 Å². The Bertz CT molecular complexity index is 1550. The molecule has 0 aliphatic carbocycles. The lowest BCUT2D eigenvalue weighted by Gasteiger charge is -2.14. The second-order valence-corrected chi connectivity index (χ2v) is 9.86. The molecule has 10 heteroatoms. The summed E-state index contributed by atoms with van der Waals surface area (Å²) in [4.78, 5) is 36.2. The van der Waals surface area contributed by atoms with Crippen LogP contribution in [0.1, 0.15) is 27.1 Å². The number of para-hydroxylation sites is 1. The number of carbonyl (C=O) groups excluding carboxylic acids is 3. The monoisotopic (exact) mass is 598 g/mol. The smallest absolute Gasteiger partial charge is 0.343 e. The Hall–Kier alpha value is -5.19. The van der Waals surface area contributed by atoms with Gasteiger partial charge < -0.3 is 33.5 Å². The Morgan fingerprint density at radius 3 is 1.80 bits per heavy atom. The third-order valence-corrected chi connectivity index (χ3v) is 6.90. The minimum absolute atomic E-state index is 0.0207. The molecule has 44 heavy (non-hydrogen) atoms. The molecular formula is C34H30O10. The Kier molecular flexibility index (Phi) is 9.85. The van der Waals surface area contributed by atoms with Crippen LogP contribution in [0.2, 0.25) is 0 Å². The summed E-state index contributed by atoms with van der Waals surface area (Å²) in [5.74, 6) is 0.307. The minimum Gasteiger partial charge on any atom is -0.508 e. The first kappa shape index (κ1) is 30.3. The van der Waals surface area contributed by atoms with E-state index in [9.17, 15) is 14.4 Å². The van der Waals surface area contributed by atoms with Crippen molar-refractivity contribution in [3.63, 3.8) is 0 Å². The molecule has 0 spiro atoms. The minimum atomic E-state index is -0.505. The SMILES string of the molecule is COc1ccc(OC(=O)c2ccc(OC(=O)C3COC4CCOC43)cc2)cc1.O=C(Oc1ccccc1)c1ccc(O)cc1. The van der Waals surface area contributed by atoms with Crippen LogP contribution in [0, 0.1) is 5.92 Å². The predicted octanol–water partition coefficient (Wildman–Crippen LogP) is 5.24. The third-order valence-electron chi connectivity index (χ3n) is 6.90. The van der Waals surface area contributed by atoms with E-state index in [1.807, 2.05) is 6.07 Å². The fourth-order valence-corrected chi connectivity index (χ4v) is 4.58. The maximum absolute atomic E-state index is 12.4. The molecule has 1 N–H and O–H groups in total. The summed E-state index contributed by atoms with van der Waals surface area (Å²) in [5.41, 5.74) is 0.751. The number of benzene rings is 4. The first-order valence-corrected chi connectivity index (χ1v) is 13.9. The van der Waals surface area contributed by atoms with Crippen molar-refractivity contribution in [2.45, 2.75) is 18.6 Å². The summed E-state index contributed by atoms with van der Waals surface area (Å²) < 4.78 is 32.1. The van der Waals surface area contributed by atoms with E-state index in [2.05, 4.69) is 0 Å². The number of phenolic OH excluding ortho intramolecular Hbond substituents is 1. The highest BCUT2D eigenvalue weighted by molar-refractivity contribution is 5.91. The first-order valence-electron chi connectivity index (χ1n) is 13.9. The maximum atomic E-state index is 12.4. The van der Waals surface area contributed by atoms with Crippen LogP contribution in [0.25, 0.3) is 0 Å². The van der Waals surface area contributed by atoms with Crippen molar-refractivity contribution in [2.24, 2.45) is 5.92 Å². The van der Waals surface area contributed by atoms with Crippen LogP contribution in [0.3, 0.4) is 0 Å². The van der Waals surface area contributed by atoms with E-state index in [0.29, 0.717) is 47.3 Å². The number of hydrogen-bond acceptors (Lipinski definition) is 10. The van der Waals surface area contributed by atoms with Gasteiger partial charge in [-0.15, -0.1) is 0 Å². The number of phenols is 1. The van der Waals surface area contributed by atoms with Crippen molar-refractivity contribution in [1.82, 2.24) is 0 Å². The molecule has 10 nitrogen and oxygen atoms in total. The Morgan fingerprint density at radius 2 is 1.18 bits per heavy atom. The predicted molar refractivity (Wildman–Crippen MR) is 157 cm³/mol. The molecule has 2 fully saturated rings. The zero-order valence-electron chi connectivity index (χ0n) is 23.8. The summed E-state index contributed by atoms with van der Waals surface area (Å²) in [6.45, 7) is 0.907. The van der Waals surface area contributed by atoms with Gasteiger partial charge in [0.1, 0.15) is 34.7 Å². The molecule has 4 aromatic carbocycles. The van der Waals surface area contributed by atoms with Crippen molar-refractivity contribution in [3.8, 4) is 28.7 Å². The molecule has 2 heterocycles. The van der Waals surface area contributed by atoms with Gasteiger partial charge >= 0.3 is 17.9 Å².